The smallest absolute Gasteiger partial charge is 0.00801 e. The van der Waals surface area contributed by atoms with Crippen LogP contribution in [0.2, 0.25) is 0 Å². The van der Waals surface area contributed by atoms with Crippen LogP contribution in [0.3, 0.4) is 0 Å². The molecule has 2 atom stereocenters. The van der Waals surface area contributed by atoms with Gasteiger partial charge < -0.3 is 10.6 Å². The maximum Gasteiger partial charge on any atom is 0.00801 e. The van der Waals surface area contributed by atoms with Crippen molar-refractivity contribution in [1.82, 2.24) is 10.6 Å². The highest BCUT2D eigenvalue weighted by atomic mass is 15.0. The zero-order valence-corrected chi connectivity index (χ0v) is 13.6. The number of hydrogen-bond donors (Lipinski definition) is 2. The lowest BCUT2D eigenvalue weighted by molar-refractivity contribution is 0.0661. The summed E-state index contributed by atoms with van der Waals surface area (Å²) in [7, 11) is 0. The fourth-order valence-electron chi connectivity index (χ4n) is 3.81. The zero-order valence-electron chi connectivity index (χ0n) is 13.6. The molecule has 1 rings (SSSR count). The summed E-state index contributed by atoms with van der Waals surface area (Å²) >= 11 is 0. The first-order valence-electron chi connectivity index (χ1n) is 7.61. The topological polar surface area (TPSA) is 24.1 Å². The Morgan fingerprint density at radius 1 is 1.00 bits per heavy atom. The summed E-state index contributed by atoms with van der Waals surface area (Å²) in [5, 5.41) is 7.39. The largest absolute Gasteiger partial charge is 0.314 e. The van der Waals surface area contributed by atoms with E-state index >= 15 is 0 Å². The first-order valence-corrected chi connectivity index (χ1v) is 7.61. The van der Waals surface area contributed by atoms with Crippen LogP contribution in [0.5, 0.6) is 0 Å². The summed E-state index contributed by atoms with van der Waals surface area (Å²) in [6.45, 7) is 17.4. The van der Waals surface area contributed by atoms with Crippen molar-refractivity contribution in [1.29, 1.82) is 0 Å². The van der Waals surface area contributed by atoms with Gasteiger partial charge in [-0.2, -0.15) is 0 Å². The minimum atomic E-state index is 0.429. The van der Waals surface area contributed by atoms with Crippen LogP contribution in [-0.2, 0) is 0 Å². The van der Waals surface area contributed by atoms with E-state index in [4.69, 9.17) is 0 Å². The molecular weight excluding hydrogens is 220 g/mol. The molecule has 2 N–H and O–H groups in total. The Morgan fingerprint density at radius 2 is 1.61 bits per heavy atom. The van der Waals surface area contributed by atoms with Gasteiger partial charge in [0.25, 0.3) is 0 Å². The van der Waals surface area contributed by atoms with Gasteiger partial charge in [0.1, 0.15) is 0 Å². The van der Waals surface area contributed by atoms with Gasteiger partial charge >= 0.3 is 0 Å². The predicted molar refractivity (Wildman–Crippen MR) is 80.9 cm³/mol. The predicted octanol–water partition coefficient (Wildman–Crippen LogP) is 3.57. The SMILES string of the molecule is CC(C)NCC1(C)CC(NC(C)C)CC(C)(C)C1. The first-order chi connectivity index (χ1) is 8.12. The third-order valence-corrected chi connectivity index (χ3v) is 3.95. The molecule has 0 bridgehead atoms. The average molecular weight is 254 g/mol. The van der Waals surface area contributed by atoms with Gasteiger partial charge in [-0.1, -0.05) is 48.5 Å². The van der Waals surface area contributed by atoms with E-state index in [1.165, 1.54) is 19.3 Å². The van der Waals surface area contributed by atoms with Gasteiger partial charge in [-0.25, -0.2) is 0 Å². The van der Waals surface area contributed by atoms with Crippen molar-refractivity contribution in [2.24, 2.45) is 10.8 Å². The van der Waals surface area contributed by atoms with Crippen LogP contribution in [0.25, 0.3) is 0 Å². The second-order valence-corrected chi connectivity index (χ2v) is 8.11. The number of nitrogens with one attached hydrogen (secondary N) is 2. The van der Waals surface area contributed by atoms with E-state index < -0.39 is 0 Å². The molecule has 0 radical (unpaired) electrons. The summed E-state index contributed by atoms with van der Waals surface area (Å²) in [6, 6.07) is 1.85. The van der Waals surface area contributed by atoms with E-state index in [-0.39, 0.29) is 0 Å². The second-order valence-electron chi connectivity index (χ2n) is 8.11. The summed E-state index contributed by atoms with van der Waals surface area (Å²) < 4.78 is 0. The van der Waals surface area contributed by atoms with Gasteiger partial charge in [0.15, 0.2) is 0 Å². The van der Waals surface area contributed by atoms with E-state index in [9.17, 15) is 0 Å². The van der Waals surface area contributed by atoms with Gasteiger partial charge in [-0.3, -0.25) is 0 Å². The highest BCUT2D eigenvalue weighted by molar-refractivity contribution is 4.95. The summed E-state index contributed by atoms with van der Waals surface area (Å²) in [6.07, 6.45) is 3.94. The third-order valence-electron chi connectivity index (χ3n) is 3.95. The second kappa shape index (κ2) is 5.92. The minimum absolute atomic E-state index is 0.429. The normalized spacial score (nSPS) is 32.2. The number of rotatable bonds is 5. The molecule has 2 unspecified atom stereocenters. The Balaban J connectivity index is 2.66. The Bertz CT molecular complexity index is 258. The lowest BCUT2D eigenvalue weighted by Gasteiger charge is -2.48. The van der Waals surface area contributed by atoms with Crippen molar-refractivity contribution in [3.8, 4) is 0 Å². The van der Waals surface area contributed by atoms with Crippen LogP contribution in [0, 0.1) is 10.8 Å². The highest BCUT2D eigenvalue weighted by Gasteiger charge is 2.41. The van der Waals surface area contributed by atoms with Crippen LogP contribution in [0.15, 0.2) is 0 Å². The van der Waals surface area contributed by atoms with Crippen LogP contribution < -0.4 is 10.6 Å². The molecule has 1 saturated carbocycles. The summed E-state index contributed by atoms with van der Waals surface area (Å²) in [5.74, 6) is 0. The summed E-state index contributed by atoms with van der Waals surface area (Å²) in [5.41, 5.74) is 0.886. The zero-order chi connectivity index (χ0) is 14.0. The Morgan fingerprint density at radius 3 is 2.11 bits per heavy atom. The molecule has 0 aromatic carbocycles. The molecule has 2 heteroatoms. The summed E-state index contributed by atoms with van der Waals surface area (Å²) in [4.78, 5) is 0. The molecule has 0 saturated heterocycles. The fourth-order valence-corrected chi connectivity index (χ4v) is 3.81. The molecule has 2 nitrogen and oxygen atoms in total. The van der Waals surface area contributed by atoms with Gasteiger partial charge in [-0.05, 0) is 30.1 Å². The van der Waals surface area contributed by atoms with E-state index in [2.05, 4.69) is 59.1 Å². The van der Waals surface area contributed by atoms with Crippen LogP contribution in [0.4, 0.5) is 0 Å². The third kappa shape index (κ3) is 5.27. The van der Waals surface area contributed by atoms with E-state index in [0.717, 1.165) is 6.54 Å². The van der Waals surface area contributed by atoms with Crippen molar-refractivity contribution < 1.29 is 0 Å². The van der Waals surface area contributed by atoms with Crippen molar-refractivity contribution in [3.63, 3.8) is 0 Å². The van der Waals surface area contributed by atoms with Gasteiger partial charge in [0, 0.05) is 24.7 Å². The molecular formula is C16H34N2. The maximum absolute atomic E-state index is 3.75. The number of hydrogen-bond acceptors (Lipinski definition) is 2. The van der Waals surface area contributed by atoms with E-state index in [1.807, 2.05) is 0 Å². The first kappa shape index (κ1) is 16.0. The van der Waals surface area contributed by atoms with E-state index in [1.54, 1.807) is 0 Å². The minimum Gasteiger partial charge on any atom is -0.314 e. The Hall–Kier alpha value is -0.0800. The quantitative estimate of drug-likeness (QED) is 0.784. The molecule has 1 aliphatic carbocycles. The highest BCUT2D eigenvalue weighted by Crippen LogP contribution is 2.45. The van der Waals surface area contributed by atoms with Crippen LogP contribution in [0.1, 0.15) is 67.7 Å². The molecule has 0 amide bonds. The van der Waals surface area contributed by atoms with Gasteiger partial charge in [0.2, 0.25) is 0 Å². The van der Waals surface area contributed by atoms with Gasteiger partial charge in [-0.15, -0.1) is 0 Å². The monoisotopic (exact) mass is 254 g/mol. The molecule has 0 heterocycles. The molecule has 0 aromatic rings. The molecule has 18 heavy (non-hydrogen) atoms. The lowest BCUT2D eigenvalue weighted by Crippen LogP contribution is -2.50. The van der Waals surface area contributed by atoms with Crippen molar-refractivity contribution >= 4 is 0 Å². The van der Waals surface area contributed by atoms with Crippen molar-refractivity contribution in [3.05, 3.63) is 0 Å². The Labute approximate surface area is 114 Å². The molecule has 1 fully saturated rings. The molecule has 108 valence electrons. The van der Waals surface area contributed by atoms with Crippen molar-refractivity contribution in [2.45, 2.75) is 85.9 Å². The lowest BCUT2D eigenvalue weighted by atomic mass is 9.62. The van der Waals surface area contributed by atoms with Crippen LogP contribution in [-0.4, -0.2) is 24.7 Å². The van der Waals surface area contributed by atoms with Gasteiger partial charge in [0.05, 0.1) is 0 Å². The molecule has 0 aromatic heterocycles. The molecule has 0 spiro atoms. The van der Waals surface area contributed by atoms with Crippen molar-refractivity contribution in [2.75, 3.05) is 6.54 Å². The molecule has 1 aliphatic rings. The standard InChI is InChI=1S/C16H34N2/c1-12(2)17-11-16(7)9-14(18-13(3)4)8-15(5,6)10-16/h12-14,17-18H,8-11H2,1-7H3. The molecule has 0 aliphatic heterocycles. The fraction of sp³-hybridized carbons (Fsp3) is 1.00. The van der Waals surface area contributed by atoms with E-state index in [0.29, 0.717) is 29.0 Å². The maximum atomic E-state index is 3.75. The Kier molecular flexibility index (Phi) is 5.25. The average Bonchev–Trinajstić information content (AvgIpc) is 2.10. The van der Waals surface area contributed by atoms with Crippen LogP contribution >= 0.6 is 0 Å².